The summed E-state index contributed by atoms with van der Waals surface area (Å²) >= 11 is 3.06. The summed E-state index contributed by atoms with van der Waals surface area (Å²) in [6.45, 7) is 0. The molecule has 1 aromatic carbocycles. The van der Waals surface area contributed by atoms with Gasteiger partial charge < -0.3 is 9.64 Å². The highest BCUT2D eigenvalue weighted by atomic mass is 79.9. The lowest BCUT2D eigenvalue weighted by atomic mass is 10.3. The molecule has 1 aromatic heterocycles. The van der Waals surface area contributed by atoms with Crippen LogP contribution in [0.3, 0.4) is 0 Å². The Hall–Kier alpha value is -2.02. The Kier molecular flexibility index (Phi) is 4.29. The van der Waals surface area contributed by atoms with Crippen molar-refractivity contribution < 1.29 is 13.9 Å². The van der Waals surface area contributed by atoms with E-state index < -0.39 is 0 Å². The van der Waals surface area contributed by atoms with Crippen LogP contribution in [0.1, 0.15) is 10.5 Å². The van der Waals surface area contributed by atoms with Crippen LogP contribution in [0.4, 0.5) is 4.39 Å². The quantitative estimate of drug-likeness (QED) is 0.862. The number of hydrogen-bond donors (Lipinski definition) is 0. The number of halogens is 2. The summed E-state index contributed by atoms with van der Waals surface area (Å²) in [4.78, 5) is 13.0. The van der Waals surface area contributed by atoms with Crippen molar-refractivity contribution >= 4 is 21.8 Å². The van der Waals surface area contributed by atoms with Crippen LogP contribution in [-0.4, -0.2) is 35.1 Å². The Balaban J connectivity index is 2.14. The van der Waals surface area contributed by atoms with Gasteiger partial charge >= 0.3 is 0 Å². The molecule has 0 saturated carbocycles. The standard InChI is InChI=1S/C13H11BrFN3O2/c1-18(2)13(19)11-5-6-12(17-16-11)20-8-3-4-10(15)9(14)7-8/h3-7H,1-2H3. The molecular weight excluding hydrogens is 329 g/mol. The molecule has 0 aliphatic heterocycles. The SMILES string of the molecule is CN(C)C(=O)c1ccc(Oc2ccc(F)c(Br)c2)nn1. The minimum Gasteiger partial charge on any atom is -0.437 e. The lowest BCUT2D eigenvalue weighted by molar-refractivity contribution is 0.0820. The fourth-order valence-corrected chi connectivity index (χ4v) is 1.74. The average molecular weight is 340 g/mol. The molecule has 2 aromatic rings. The van der Waals surface area contributed by atoms with Crippen molar-refractivity contribution in [1.29, 1.82) is 0 Å². The number of hydrogen-bond acceptors (Lipinski definition) is 4. The smallest absolute Gasteiger partial charge is 0.273 e. The van der Waals surface area contributed by atoms with E-state index in [9.17, 15) is 9.18 Å². The summed E-state index contributed by atoms with van der Waals surface area (Å²) in [7, 11) is 3.26. The van der Waals surface area contributed by atoms with Gasteiger partial charge in [-0.2, -0.15) is 0 Å². The largest absolute Gasteiger partial charge is 0.437 e. The molecule has 0 fully saturated rings. The molecular formula is C13H11BrFN3O2. The zero-order valence-electron chi connectivity index (χ0n) is 10.8. The van der Waals surface area contributed by atoms with Crippen LogP contribution >= 0.6 is 15.9 Å². The summed E-state index contributed by atoms with van der Waals surface area (Å²) in [6, 6.07) is 7.28. The molecule has 0 bridgehead atoms. The molecule has 0 saturated heterocycles. The average Bonchev–Trinajstić information content (AvgIpc) is 2.43. The van der Waals surface area contributed by atoms with Gasteiger partial charge in [0.15, 0.2) is 5.69 Å². The maximum absolute atomic E-state index is 13.1. The number of rotatable bonds is 3. The van der Waals surface area contributed by atoms with Crippen molar-refractivity contribution in [3.05, 3.63) is 46.3 Å². The zero-order chi connectivity index (χ0) is 14.7. The van der Waals surface area contributed by atoms with Crippen molar-refractivity contribution in [3.8, 4) is 11.6 Å². The number of aromatic nitrogens is 2. The Morgan fingerprint density at radius 2 is 2.00 bits per heavy atom. The zero-order valence-corrected chi connectivity index (χ0v) is 12.4. The summed E-state index contributed by atoms with van der Waals surface area (Å²) in [6.07, 6.45) is 0. The van der Waals surface area contributed by atoms with Crippen LogP contribution < -0.4 is 4.74 Å². The predicted octanol–water partition coefficient (Wildman–Crippen LogP) is 2.87. The normalized spacial score (nSPS) is 10.2. The number of benzene rings is 1. The van der Waals surface area contributed by atoms with Crippen LogP contribution in [0, 0.1) is 5.82 Å². The molecule has 0 spiro atoms. The van der Waals surface area contributed by atoms with Gasteiger partial charge in [0, 0.05) is 20.2 Å². The minimum absolute atomic E-state index is 0.221. The second-order valence-corrected chi connectivity index (χ2v) is 4.99. The first kappa shape index (κ1) is 14.4. The molecule has 0 radical (unpaired) electrons. The minimum atomic E-state index is -0.379. The number of carbonyl (C=O) groups excluding carboxylic acids is 1. The highest BCUT2D eigenvalue weighted by Gasteiger charge is 2.11. The maximum Gasteiger partial charge on any atom is 0.273 e. The van der Waals surface area contributed by atoms with E-state index in [2.05, 4.69) is 26.1 Å². The molecule has 20 heavy (non-hydrogen) atoms. The Labute approximate surface area is 123 Å². The second-order valence-electron chi connectivity index (χ2n) is 4.13. The topological polar surface area (TPSA) is 55.3 Å². The number of nitrogens with zero attached hydrogens (tertiary/aromatic N) is 3. The molecule has 5 nitrogen and oxygen atoms in total. The van der Waals surface area contributed by atoms with Gasteiger partial charge in [-0.05, 0) is 40.2 Å². The fraction of sp³-hybridized carbons (Fsp3) is 0.154. The monoisotopic (exact) mass is 339 g/mol. The predicted molar refractivity (Wildman–Crippen MR) is 74.2 cm³/mol. The van der Waals surface area contributed by atoms with E-state index in [0.717, 1.165) is 0 Å². The van der Waals surface area contributed by atoms with E-state index in [-0.39, 0.29) is 23.3 Å². The maximum atomic E-state index is 13.1. The third kappa shape index (κ3) is 3.30. The molecule has 1 amide bonds. The Bertz CT molecular complexity index is 632. The van der Waals surface area contributed by atoms with Crippen molar-refractivity contribution in [2.24, 2.45) is 0 Å². The van der Waals surface area contributed by atoms with Crippen LogP contribution in [0.5, 0.6) is 11.6 Å². The number of carbonyl (C=O) groups is 1. The van der Waals surface area contributed by atoms with Gasteiger partial charge in [-0.3, -0.25) is 4.79 Å². The summed E-state index contributed by atoms with van der Waals surface area (Å²) in [5.74, 6) is 0.0158. The summed E-state index contributed by atoms with van der Waals surface area (Å²) in [5.41, 5.74) is 0.225. The first-order valence-electron chi connectivity index (χ1n) is 5.65. The number of ether oxygens (including phenoxy) is 1. The van der Waals surface area contributed by atoms with Gasteiger partial charge in [-0.25, -0.2) is 4.39 Å². The fourth-order valence-electron chi connectivity index (χ4n) is 1.38. The summed E-state index contributed by atoms with van der Waals surface area (Å²) in [5, 5.41) is 7.58. The summed E-state index contributed by atoms with van der Waals surface area (Å²) < 4.78 is 18.8. The lowest BCUT2D eigenvalue weighted by Crippen LogP contribution is -2.23. The third-order valence-electron chi connectivity index (χ3n) is 2.38. The molecule has 0 atom stereocenters. The molecule has 7 heteroatoms. The highest BCUT2D eigenvalue weighted by molar-refractivity contribution is 9.10. The number of amides is 1. The molecule has 104 valence electrons. The Morgan fingerprint density at radius 3 is 2.55 bits per heavy atom. The van der Waals surface area contributed by atoms with Gasteiger partial charge in [-0.15, -0.1) is 10.2 Å². The van der Waals surface area contributed by atoms with Gasteiger partial charge in [-0.1, -0.05) is 0 Å². The van der Waals surface area contributed by atoms with Gasteiger partial charge in [0.1, 0.15) is 11.6 Å². The van der Waals surface area contributed by atoms with E-state index in [1.807, 2.05) is 0 Å². The first-order valence-corrected chi connectivity index (χ1v) is 6.45. The molecule has 2 rings (SSSR count). The van der Waals surface area contributed by atoms with Crippen molar-refractivity contribution in [2.75, 3.05) is 14.1 Å². The highest BCUT2D eigenvalue weighted by Crippen LogP contribution is 2.25. The molecule has 0 aliphatic rings. The molecule has 0 aliphatic carbocycles. The van der Waals surface area contributed by atoms with Crippen LogP contribution in [0.15, 0.2) is 34.8 Å². The van der Waals surface area contributed by atoms with E-state index in [1.165, 1.54) is 35.2 Å². The van der Waals surface area contributed by atoms with Gasteiger partial charge in [0.25, 0.3) is 5.91 Å². The van der Waals surface area contributed by atoms with E-state index in [4.69, 9.17) is 4.74 Å². The van der Waals surface area contributed by atoms with Crippen LogP contribution in [0.2, 0.25) is 0 Å². The van der Waals surface area contributed by atoms with E-state index in [1.54, 1.807) is 14.1 Å². The lowest BCUT2D eigenvalue weighted by Gasteiger charge is -2.09. The Morgan fingerprint density at radius 1 is 1.25 bits per heavy atom. The first-order chi connectivity index (χ1) is 9.47. The third-order valence-corrected chi connectivity index (χ3v) is 2.99. The van der Waals surface area contributed by atoms with Crippen molar-refractivity contribution in [2.45, 2.75) is 0 Å². The molecule has 0 N–H and O–H groups in total. The van der Waals surface area contributed by atoms with E-state index >= 15 is 0 Å². The second kappa shape index (κ2) is 5.96. The van der Waals surface area contributed by atoms with Crippen LogP contribution in [-0.2, 0) is 0 Å². The van der Waals surface area contributed by atoms with Gasteiger partial charge in [0.2, 0.25) is 5.88 Å². The van der Waals surface area contributed by atoms with E-state index in [0.29, 0.717) is 10.2 Å². The van der Waals surface area contributed by atoms with Crippen molar-refractivity contribution in [1.82, 2.24) is 15.1 Å². The van der Waals surface area contributed by atoms with Crippen molar-refractivity contribution in [3.63, 3.8) is 0 Å². The molecule has 1 heterocycles. The molecule has 0 unspecified atom stereocenters. The van der Waals surface area contributed by atoms with Crippen LogP contribution in [0.25, 0.3) is 0 Å². The van der Waals surface area contributed by atoms with Gasteiger partial charge in [0.05, 0.1) is 4.47 Å².